The van der Waals surface area contributed by atoms with Gasteiger partial charge in [-0.25, -0.2) is 18.6 Å². The topological polar surface area (TPSA) is 81.1 Å². The maximum absolute atomic E-state index is 15.8. The number of carbonyl (C=O) groups is 2. The second kappa shape index (κ2) is 7.74. The third kappa shape index (κ3) is 3.70. The zero-order valence-electron chi connectivity index (χ0n) is 16.5. The first-order valence-corrected chi connectivity index (χ1v) is 9.98. The fourth-order valence-electron chi connectivity index (χ4n) is 3.54. The van der Waals surface area contributed by atoms with Gasteiger partial charge in [-0.1, -0.05) is 19.9 Å². The molecule has 1 heterocycles. The van der Waals surface area contributed by atoms with E-state index in [2.05, 4.69) is 0 Å². The van der Waals surface area contributed by atoms with E-state index in [1.807, 2.05) is 0 Å². The average Bonchev–Trinajstić information content (AvgIpc) is 2.56. The van der Waals surface area contributed by atoms with Crippen LogP contribution in [0.1, 0.15) is 34.1 Å². The molecule has 2 N–H and O–H groups in total. The Bertz CT molecular complexity index is 791. The number of carboxylic acid groups (broad SMARTS) is 1. The maximum atomic E-state index is 15.8. The Labute approximate surface area is 176 Å². The summed E-state index contributed by atoms with van der Waals surface area (Å²) in [5.41, 5.74) is -4.28. The van der Waals surface area contributed by atoms with Gasteiger partial charge in [-0.15, -0.1) is 0 Å². The summed E-state index contributed by atoms with van der Waals surface area (Å²) in [6.07, 6.45) is 2.89. The summed E-state index contributed by atoms with van der Waals surface area (Å²) in [5, 5.41) is 22.1. The van der Waals surface area contributed by atoms with Crippen LogP contribution in [0.15, 0.2) is 32.9 Å². The van der Waals surface area contributed by atoms with Gasteiger partial charge in [0.05, 0.1) is 5.54 Å². The van der Waals surface area contributed by atoms with Crippen LogP contribution in [0.3, 0.4) is 0 Å². The number of allylic oxidation sites excluding steroid dienone is 3. The fraction of sp³-hybridized carbons (Fsp3) is 0.579. The average molecular weight is 510 g/mol. The number of aliphatic hydroxyl groups is 1. The number of nitrogens with zero attached hydrogens (tertiary/aromatic N) is 2. The Morgan fingerprint density at radius 2 is 1.96 bits per heavy atom. The molecule has 1 aliphatic carbocycles. The van der Waals surface area contributed by atoms with Crippen molar-refractivity contribution in [3.63, 3.8) is 0 Å². The van der Waals surface area contributed by atoms with Crippen molar-refractivity contribution in [1.82, 2.24) is 10.0 Å². The van der Waals surface area contributed by atoms with E-state index in [1.54, 1.807) is 50.3 Å². The van der Waals surface area contributed by atoms with Gasteiger partial charge in [0.15, 0.2) is 17.1 Å². The third-order valence-electron chi connectivity index (χ3n) is 5.36. The summed E-state index contributed by atoms with van der Waals surface area (Å²) in [4.78, 5) is 24.3. The lowest BCUT2D eigenvalue weighted by atomic mass is 9.78. The van der Waals surface area contributed by atoms with E-state index < -0.39 is 46.2 Å². The van der Waals surface area contributed by atoms with Gasteiger partial charge in [-0.3, -0.25) is 9.80 Å². The molecule has 156 valence electrons. The first-order valence-electron chi connectivity index (χ1n) is 8.90. The van der Waals surface area contributed by atoms with Crippen LogP contribution in [0.25, 0.3) is 0 Å². The van der Waals surface area contributed by atoms with Crippen molar-refractivity contribution < 1.29 is 28.6 Å². The molecule has 0 saturated heterocycles. The van der Waals surface area contributed by atoms with Crippen LogP contribution in [0.4, 0.5) is 8.78 Å². The SMILES string of the molecule is CC(C)CC1(F)C(F)=C(I)C=CC1CN1C(=O)C(C(=O)O)=C(O)C(C)(C)N1C. The normalized spacial score (nSPS) is 28.5. The van der Waals surface area contributed by atoms with Crippen molar-refractivity contribution in [3.8, 4) is 0 Å². The van der Waals surface area contributed by atoms with Crippen molar-refractivity contribution in [1.29, 1.82) is 0 Å². The first-order chi connectivity index (χ1) is 12.7. The molecule has 0 aromatic carbocycles. The Kier molecular flexibility index (Phi) is 6.30. The van der Waals surface area contributed by atoms with E-state index in [-0.39, 0.29) is 22.5 Å². The van der Waals surface area contributed by atoms with Crippen LogP contribution in [-0.4, -0.2) is 56.9 Å². The number of amides is 1. The molecular formula is C19H25F2IN2O4. The highest BCUT2D eigenvalue weighted by molar-refractivity contribution is 14.1. The predicted octanol–water partition coefficient (Wildman–Crippen LogP) is 3.91. The number of carboxylic acids is 1. The van der Waals surface area contributed by atoms with Crippen LogP contribution in [-0.2, 0) is 9.59 Å². The summed E-state index contributed by atoms with van der Waals surface area (Å²) >= 11 is 1.73. The van der Waals surface area contributed by atoms with E-state index in [0.717, 1.165) is 5.01 Å². The minimum atomic E-state index is -2.31. The first kappa shape index (κ1) is 22.8. The molecule has 2 atom stereocenters. The zero-order valence-corrected chi connectivity index (χ0v) is 18.6. The second-order valence-electron chi connectivity index (χ2n) is 8.09. The van der Waals surface area contributed by atoms with Crippen molar-refractivity contribution in [2.75, 3.05) is 13.6 Å². The van der Waals surface area contributed by atoms with Gasteiger partial charge >= 0.3 is 5.97 Å². The minimum absolute atomic E-state index is 0.0810. The Morgan fingerprint density at radius 3 is 2.46 bits per heavy atom. The van der Waals surface area contributed by atoms with Crippen LogP contribution in [0.5, 0.6) is 0 Å². The number of hydrogen-bond donors (Lipinski definition) is 2. The second-order valence-corrected chi connectivity index (χ2v) is 9.25. The van der Waals surface area contributed by atoms with E-state index in [9.17, 15) is 24.2 Å². The summed E-state index contributed by atoms with van der Waals surface area (Å²) in [5.74, 6) is -5.13. The molecule has 0 saturated carbocycles. The van der Waals surface area contributed by atoms with Crippen molar-refractivity contribution in [2.45, 2.75) is 45.3 Å². The van der Waals surface area contributed by atoms with E-state index in [1.165, 1.54) is 24.2 Å². The molecule has 28 heavy (non-hydrogen) atoms. The number of carbonyl (C=O) groups excluding carboxylic acids is 1. The number of aliphatic carboxylic acids is 1. The van der Waals surface area contributed by atoms with Crippen LogP contribution in [0.2, 0.25) is 0 Å². The third-order valence-corrected chi connectivity index (χ3v) is 6.19. The molecule has 2 unspecified atom stereocenters. The molecule has 0 radical (unpaired) electrons. The predicted molar refractivity (Wildman–Crippen MR) is 109 cm³/mol. The highest BCUT2D eigenvalue weighted by atomic mass is 127. The number of likely N-dealkylation sites (N-methyl/N-ethyl adjacent to an activating group) is 1. The molecule has 0 spiro atoms. The molecule has 0 fully saturated rings. The Hall–Kier alpha value is -1.49. The summed E-state index contributed by atoms with van der Waals surface area (Å²) in [6, 6.07) is 0. The van der Waals surface area contributed by atoms with Gasteiger partial charge in [0.2, 0.25) is 0 Å². The molecule has 0 bridgehead atoms. The lowest BCUT2D eigenvalue weighted by molar-refractivity contribution is -0.163. The van der Waals surface area contributed by atoms with Gasteiger partial charge < -0.3 is 10.2 Å². The lowest BCUT2D eigenvalue weighted by Crippen LogP contribution is -2.62. The molecular weight excluding hydrogens is 485 g/mol. The minimum Gasteiger partial charge on any atom is -0.509 e. The quantitative estimate of drug-likeness (QED) is 0.433. The molecule has 2 aliphatic rings. The number of hydrazine groups is 1. The van der Waals surface area contributed by atoms with Crippen molar-refractivity contribution in [3.05, 3.63) is 32.9 Å². The Morgan fingerprint density at radius 1 is 1.39 bits per heavy atom. The van der Waals surface area contributed by atoms with Gasteiger partial charge in [-0.05, 0) is 54.9 Å². The molecule has 1 amide bonds. The van der Waals surface area contributed by atoms with Gasteiger partial charge in [0.25, 0.3) is 5.91 Å². The zero-order chi connectivity index (χ0) is 21.6. The van der Waals surface area contributed by atoms with Gasteiger partial charge in [-0.2, -0.15) is 0 Å². The fourth-order valence-corrected chi connectivity index (χ4v) is 4.20. The number of halogens is 3. The summed E-state index contributed by atoms with van der Waals surface area (Å²) in [6.45, 7) is 6.38. The molecule has 2 rings (SSSR count). The molecule has 0 aromatic heterocycles. The van der Waals surface area contributed by atoms with E-state index in [4.69, 9.17) is 0 Å². The van der Waals surface area contributed by atoms with Crippen LogP contribution >= 0.6 is 22.6 Å². The summed E-state index contributed by atoms with van der Waals surface area (Å²) < 4.78 is 30.8. The molecule has 9 heteroatoms. The largest absolute Gasteiger partial charge is 0.509 e. The summed E-state index contributed by atoms with van der Waals surface area (Å²) in [7, 11) is 1.50. The number of alkyl halides is 1. The van der Waals surface area contributed by atoms with E-state index in [0.29, 0.717) is 0 Å². The standard InChI is InChI=1S/C19H25F2IN2O4/c1-10(2)8-19(21)11(6-7-12(22)14(19)20)9-24-16(26)13(17(27)28)15(25)18(3,4)23(24)5/h6-7,10-11,25H,8-9H2,1-5H3,(H,27,28). The molecule has 6 nitrogen and oxygen atoms in total. The maximum Gasteiger partial charge on any atom is 0.344 e. The Balaban J connectivity index is 2.47. The monoisotopic (exact) mass is 510 g/mol. The number of aliphatic hydroxyl groups excluding tert-OH is 1. The number of hydrogen-bond acceptors (Lipinski definition) is 4. The van der Waals surface area contributed by atoms with Crippen molar-refractivity contribution in [2.24, 2.45) is 11.8 Å². The highest BCUT2D eigenvalue weighted by Crippen LogP contribution is 2.45. The lowest BCUT2D eigenvalue weighted by Gasteiger charge is -2.48. The van der Waals surface area contributed by atoms with Crippen molar-refractivity contribution >= 4 is 34.5 Å². The van der Waals surface area contributed by atoms with Gasteiger partial charge in [0, 0.05) is 23.1 Å². The van der Waals surface area contributed by atoms with E-state index >= 15 is 4.39 Å². The van der Waals surface area contributed by atoms with Crippen LogP contribution < -0.4 is 0 Å². The highest BCUT2D eigenvalue weighted by Gasteiger charge is 2.51. The smallest absolute Gasteiger partial charge is 0.344 e. The van der Waals surface area contributed by atoms with Gasteiger partial charge in [0.1, 0.15) is 5.76 Å². The number of rotatable bonds is 5. The molecule has 1 aliphatic heterocycles. The molecule has 0 aromatic rings. The van der Waals surface area contributed by atoms with Crippen LogP contribution in [0, 0.1) is 11.8 Å².